The van der Waals surface area contributed by atoms with Gasteiger partial charge < -0.3 is 9.67 Å². The van der Waals surface area contributed by atoms with E-state index < -0.39 is 5.97 Å². The van der Waals surface area contributed by atoms with Crippen molar-refractivity contribution < 1.29 is 9.90 Å². The second-order valence-electron chi connectivity index (χ2n) is 3.68. The van der Waals surface area contributed by atoms with Gasteiger partial charge in [0.15, 0.2) is 0 Å². The predicted molar refractivity (Wildman–Crippen MR) is 64.4 cm³/mol. The van der Waals surface area contributed by atoms with Crippen molar-refractivity contribution in [1.29, 1.82) is 0 Å². The number of imidazole rings is 1. The highest BCUT2D eigenvalue weighted by molar-refractivity contribution is 6.14. The van der Waals surface area contributed by atoms with Crippen LogP contribution in [0.3, 0.4) is 0 Å². The fourth-order valence-electron chi connectivity index (χ4n) is 1.64. The maximum atomic E-state index is 10.9. The van der Waals surface area contributed by atoms with E-state index in [9.17, 15) is 4.79 Å². The summed E-state index contributed by atoms with van der Waals surface area (Å²) in [5.41, 5.74) is 1.69. The summed E-state index contributed by atoms with van der Waals surface area (Å²) in [7, 11) is 0. The van der Waals surface area contributed by atoms with Gasteiger partial charge >= 0.3 is 5.97 Å². The molecule has 2 rings (SSSR count). The molecule has 0 aliphatic rings. The highest BCUT2D eigenvalue weighted by atomic mass is 16.4. The SMILES string of the molecule is C=C(C(=O)O)c1ccccc1Cn1ccnc1. The molecule has 1 N–H and O–H groups in total. The van der Waals surface area contributed by atoms with Crippen molar-refractivity contribution in [2.24, 2.45) is 0 Å². The third-order valence-corrected chi connectivity index (χ3v) is 2.51. The molecule has 4 nitrogen and oxygen atoms in total. The van der Waals surface area contributed by atoms with Crippen LogP contribution < -0.4 is 0 Å². The second kappa shape index (κ2) is 4.65. The van der Waals surface area contributed by atoms with E-state index >= 15 is 0 Å². The molecule has 0 amide bonds. The van der Waals surface area contributed by atoms with Crippen molar-refractivity contribution in [1.82, 2.24) is 9.55 Å². The molecule has 17 heavy (non-hydrogen) atoms. The number of carboxylic acids is 1. The third kappa shape index (κ3) is 2.42. The summed E-state index contributed by atoms with van der Waals surface area (Å²) in [5, 5.41) is 8.97. The average molecular weight is 228 g/mol. The van der Waals surface area contributed by atoms with Crippen molar-refractivity contribution in [2.45, 2.75) is 6.54 Å². The number of benzene rings is 1. The maximum Gasteiger partial charge on any atom is 0.335 e. The lowest BCUT2D eigenvalue weighted by atomic mass is 10.0. The predicted octanol–water partition coefficient (Wildman–Crippen LogP) is 2.03. The maximum absolute atomic E-state index is 10.9. The van der Waals surface area contributed by atoms with E-state index in [-0.39, 0.29) is 5.57 Å². The molecule has 1 heterocycles. The number of carboxylic acid groups (broad SMARTS) is 1. The van der Waals surface area contributed by atoms with Gasteiger partial charge in [-0.2, -0.15) is 0 Å². The first-order valence-corrected chi connectivity index (χ1v) is 5.14. The average Bonchev–Trinajstić information content (AvgIpc) is 2.81. The molecule has 0 fully saturated rings. The molecule has 0 spiro atoms. The Bertz CT molecular complexity index is 544. The number of nitrogens with zero attached hydrogens (tertiary/aromatic N) is 2. The summed E-state index contributed by atoms with van der Waals surface area (Å²) < 4.78 is 1.88. The highest BCUT2D eigenvalue weighted by Gasteiger charge is 2.11. The van der Waals surface area contributed by atoms with E-state index in [0.29, 0.717) is 12.1 Å². The summed E-state index contributed by atoms with van der Waals surface area (Å²) >= 11 is 0. The summed E-state index contributed by atoms with van der Waals surface area (Å²) in [4.78, 5) is 14.9. The van der Waals surface area contributed by atoms with E-state index in [1.54, 1.807) is 24.7 Å². The van der Waals surface area contributed by atoms with Crippen molar-refractivity contribution >= 4 is 11.5 Å². The number of aromatic nitrogens is 2. The van der Waals surface area contributed by atoms with Gasteiger partial charge in [0.05, 0.1) is 11.9 Å². The minimum atomic E-state index is -0.997. The monoisotopic (exact) mass is 228 g/mol. The van der Waals surface area contributed by atoms with Crippen LogP contribution >= 0.6 is 0 Å². The second-order valence-corrected chi connectivity index (χ2v) is 3.68. The van der Waals surface area contributed by atoms with Gasteiger partial charge in [-0.05, 0) is 11.1 Å². The smallest absolute Gasteiger partial charge is 0.335 e. The molecule has 2 aromatic rings. The molecule has 1 aromatic heterocycles. The van der Waals surface area contributed by atoms with E-state index in [2.05, 4.69) is 11.6 Å². The molecular formula is C13H12N2O2. The lowest BCUT2D eigenvalue weighted by molar-refractivity contribution is -0.130. The summed E-state index contributed by atoms with van der Waals surface area (Å²) in [5.74, 6) is -0.997. The van der Waals surface area contributed by atoms with Gasteiger partial charge in [0, 0.05) is 18.9 Å². The standard InChI is InChI=1S/C13H12N2O2/c1-10(13(16)17)12-5-3-2-4-11(12)8-15-7-6-14-9-15/h2-7,9H,1,8H2,(H,16,17). The molecule has 0 saturated heterocycles. The zero-order valence-corrected chi connectivity index (χ0v) is 9.21. The fourth-order valence-corrected chi connectivity index (χ4v) is 1.64. The Morgan fingerprint density at radius 3 is 2.82 bits per heavy atom. The normalized spacial score (nSPS) is 10.1. The minimum Gasteiger partial charge on any atom is -0.478 e. The topological polar surface area (TPSA) is 55.1 Å². The minimum absolute atomic E-state index is 0.112. The van der Waals surface area contributed by atoms with Crippen LogP contribution in [0.4, 0.5) is 0 Å². The van der Waals surface area contributed by atoms with Crippen molar-refractivity contribution in [2.75, 3.05) is 0 Å². The quantitative estimate of drug-likeness (QED) is 0.814. The molecule has 0 unspecified atom stereocenters. The first-order valence-electron chi connectivity index (χ1n) is 5.14. The molecule has 0 aliphatic carbocycles. The van der Waals surface area contributed by atoms with Crippen molar-refractivity contribution in [3.8, 4) is 0 Å². The number of hydrogen-bond acceptors (Lipinski definition) is 2. The zero-order valence-electron chi connectivity index (χ0n) is 9.21. The number of carbonyl (C=O) groups is 1. The van der Waals surface area contributed by atoms with Gasteiger partial charge in [-0.3, -0.25) is 0 Å². The first kappa shape index (κ1) is 11.1. The lowest BCUT2D eigenvalue weighted by Crippen LogP contribution is -2.04. The highest BCUT2D eigenvalue weighted by Crippen LogP contribution is 2.18. The van der Waals surface area contributed by atoms with Crippen LogP contribution in [0.25, 0.3) is 5.57 Å². The summed E-state index contributed by atoms with van der Waals surface area (Å²) in [6.07, 6.45) is 5.22. The van der Waals surface area contributed by atoms with Crippen LogP contribution in [0.1, 0.15) is 11.1 Å². The fraction of sp³-hybridized carbons (Fsp3) is 0.0769. The Labute approximate surface area is 98.9 Å². The van der Waals surface area contributed by atoms with E-state index in [4.69, 9.17) is 5.11 Å². The van der Waals surface area contributed by atoms with Gasteiger partial charge in [-0.25, -0.2) is 9.78 Å². The Hall–Kier alpha value is -2.36. The lowest BCUT2D eigenvalue weighted by Gasteiger charge is -2.09. The molecule has 86 valence electrons. The summed E-state index contributed by atoms with van der Waals surface area (Å²) in [6, 6.07) is 7.35. The molecule has 0 atom stereocenters. The van der Waals surface area contributed by atoms with Crippen LogP contribution in [0, 0.1) is 0 Å². The third-order valence-electron chi connectivity index (χ3n) is 2.51. The summed E-state index contributed by atoms with van der Waals surface area (Å²) in [6.45, 7) is 4.18. The largest absolute Gasteiger partial charge is 0.478 e. The number of rotatable bonds is 4. The molecule has 0 saturated carbocycles. The van der Waals surface area contributed by atoms with Crippen LogP contribution in [0.5, 0.6) is 0 Å². The Balaban J connectivity index is 2.34. The molecular weight excluding hydrogens is 216 g/mol. The van der Waals surface area contributed by atoms with Crippen molar-refractivity contribution in [3.05, 3.63) is 60.7 Å². The van der Waals surface area contributed by atoms with Crippen LogP contribution in [0.15, 0.2) is 49.6 Å². The van der Waals surface area contributed by atoms with E-state index in [0.717, 1.165) is 5.56 Å². The van der Waals surface area contributed by atoms with Gasteiger partial charge in [0.2, 0.25) is 0 Å². The van der Waals surface area contributed by atoms with Gasteiger partial charge in [0.25, 0.3) is 0 Å². The first-order chi connectivity index (χ1) is 8.18. The molecule has 0 aliphatic heterocycles. The Morgan fingerprint density at radius 1 is 1.41 bits per heavy atom. The molecule has 4 heteroatoms. The van der Waals surface area contributed by atoms with Crippen LogP contribution in [0.2, 0.25) is 0 Å². The number of aliphatic carboxylic acids is 1. The Morgan fingerprint density at radius 2 is 2.18 bits per heavy atom. The van der Waals surface area contributed by atoms with Gasteiger partial charge in [-0.1, -0.05) is 30.8 Å². The number of hydrogen-bond donors (Lipinski definition) is 1. The molecule has 0 radical (unpaired) electrons. The van der Waals surface area contributed by atoms with Crippen LogP contribution in [-0.2, 0) is 11.3 Å². The Kier molecular flexibility index (Phi) is 3.05. The molecule has 0 bridgehead atoms. The molecule has 1 aromatic carbocycles. The zero-order chi connectivity index (χ0) is 12.3. The van der Waals surface area contributed by atoms with Gasteiger partial charge in [0.1, 0.15) is 0 Å². The van der Waals surface area contributed by atoms with Crippen molar-refractivity contribution in [3.63, 3.8) is 0 Å². The van der Waals surface area contributed by atoms with Crippen LogP contribution in [-0.4, -0.2) is 20.6 Å². The van der Waals surface area contributed by atoms with E-state index in [1.807, 2.05) is 22.9 Å². The van der Waals surface area contributed by atoms with E-state index in [1.165, 1.54) is 0 Å². The van der Waals surface area contributed by atoms with Gasteiger partial charge in [-0.15, -0.1) is 0 Å².